The minimum absolute atomic E-state index is 0.285. The summed E-state index contributed by atoms with van der Waals surface area (Å²) in [6, 6.07) is 7.52. The number of benzene rings is 1. The molecule has 1 aromatic rings. The summed E-state index contributed by atoms with van der Waals surface area (Å²) in [6.07, 6.45) is 5.94. The van der Waals surface area contributed by atoms with Crippen molar-refractivity contribution in [2.45, 2.75) is 40.2 Å². The molecule has 0 aliphatic rings. The number of ether oxygens (including phenoxy) is 1. The normalized spacial score (nSPS) is 12.8. The fraction of sp³-hybridized carbons (Fsp3) is 0.353. The first-order valence-electron chi connectivity index (χ1n) is 6.51. The molecule has 2 heteroatoms. The van der Waals surface area contributed by atoms with Crippen LogP contribution in [0.5, 0.6) is 0 Å². The van der Waals surface area contributed by atoms with Crippen molar-refractivity contribution in [2.24, 2.45) is 0 Å². The van der Waals surface area contributed by atoms with E-state index in [2.05, 4.69) is 0 Å². The van der Waals surface area contributed by atoms with Gasteiger partial charge in [-0.3, -0.25) is 0 Å². The first-order chi connectivity index (χ1) is 8.89. The molecule has 0 bridgehead atoms. The molecular formula is C17H22O2. The topological polar surface area (TPSA) is 26.3 Å². The molecule has 0 aliphatic heterocycles. The molecule has 0 aromatic heterocycles. The molecule has 0 amide bonds. The molecule has 0 fully saturated rings. The summed E-state index contributed by atoms with van der Waals surface area (Å²) >= 11 is 0. The summed E-state index contributed by atoms with van der Waals surface area (Å²) in [5.41, 5.74) is 2.03. The van der Waals surface area contributed by atoms with Crippen molar-refractivity contribution in [2.75, 3.05) is 0 Å². The van der Waals surface area contributed by atoms with E-state index in [1.807, 2.05) is 71.0 Å². The number of carbonyl (C=O) groups is 1. The third kappa shape index (κ3) is 4.40. The summed E-state index contributed by atoms with van der Waals surface area (Å²) in [4.78, 5) is 12.2. The molecule has 0 saturated heterocycles. The van der Waals surface area contributed by atoms with Crippen molar-refractivity contribution in [3.63, 3.8) is 0 Å². The van der Waals surface area contributed by atoms with Crippen LogP contribution in [0, 0.1) is 0 Å². The Bertz CT molecular complexity index is 502. The average Bonchev–Trinajstić information content (AvgIpc) is 2.34. The fourth-order valence-corrected chi connectivity index (χ4v) is 1.77. The van der Waals surface area contributed by atoms with E-state index in [-0.39, 0.29) is 5.97 Å². The van der Waals surface area contributed by atoms with Gasteiger partial charge in [-0.1, -0.05) is 36.4 Å². The highest BCUT2D eigenvalue weighted by molar-refractivity contribution is 5.97. The maximum absolute atomic E-state index is 12.2. The van der Waals surface area contributed by atoms with Crippen molar-refractivity contribution < 1.29 is 9.53 Å². The highest BCUT2D eigenvalue weighted by Gasteiger charge is 2.20. The van der Waals surface area contributed by atoms with Gasteiger partial charge in [0.15, 0.2) is 0 Å². The van der Waals surface area contributed by atoms with Gasteiger partial charge < -0.3 is 4.74 Å². The first-order valence-corrected chi connectivity index (χ1v) is 6.51. The molecule has 0 atom stereocenters. The van der Waals surface area contributed by atoms with E-state index >= 15 is 0 Å². The molecule has 0 saturated carbocycles. The van der Waals surface area contributed by atoms with Gasteiger partial charge in [-0.25, -0.2) is 4.79 Å². The number of allylic oxidation sites excluding steroid dienone is 4. The quantitative estimate of drug-likeness (QED) is 0.584. The lowest BCUT2D eigenvalue weighted by Gasteiger charge is -2.20. The van der Waals surface area contributed by atoms with Gasteiger partial charge in [0, 0.05) is 0 Å². The molecule has 0 heterocycles. The van der Waals surface area contributed by atoms with Crippen molar-refractivity contribution in [1.29, 1.82) is 0 Å². The van der Waals surface area contributed by atoms with Gasteiger partial charge >= 0.3 is 5.97 Å². The monoisotopic (exact) mass is 258 g/mol. The summed E-state index contributed by atoms with van der Waals surface area (Å²) in [5, 5.41) is 0. The number of carbonyl (C=O) groups excluding carboxylic acids is 1. The molecule has 19 heavy (non-hydrogen) atoms. The second-order valence-corrected chi connectivity index (χ2v) is 5.29. The second-order valence-electron chi connectivity index (χ2n) is 5.29. The Labute approximate surface area is 115 Å². The van der Waals surface area contributed by atoms with Crippen LogP contribution in [-0.4, -0.2) is 11.6 Å². The van der Waals surface area contributed by atoms with Gasteiger partial charge in [-0.15, -0.1) is 0 Å². The molecule has 0 N–H and O–H groups in total. The maximum atomic E-state index is 12.2. The summed E-state index contributed by atoms with van der Waals surface area (Å²) < 4.78 is 5.45. The molecule has 102 valence electrons. The Morgan fingerprint density at radius 1 is 1.11 bits per heavy atom. The molecular weight excluding hydrogens is 236 g/mol. The number of rotatable bonds is 3. The lowest BCUT2D eigenvalue weighted by atomic mass is 9.99. The third-order valence-corrected chi connectivity index (χ3v) is 2.51. The van der Waals surface area contributed by atoms with Gasteiger partial charge in [0.25, 0.3) is 0 Å². The van der Waals surface area contributed by atoms with E-state index in [1.54, 1.807) is 6.07 Å². The Hall–Kier alpha value is -1.83. The van der Waals surface area contributed by atoms with E-state index in [9.17, 15) is 4.79 Å². The highest BCUT2D eigenvalue weighted by Crippen LogP contribution is 2.23. The molecule has 0 unspecified atom stereocenters. The zero-order chi connectivity index (χ0) is 14.5. The first kappa shape index (κ1) is 15.2. The van der Waals surface area contributed by atoms with E-state index < -0.39 is 5.60 Å². The number of hydrogen-bond donors (Lipinski definition) is 0. The minimum Gasteiger partial charge on any atom is -0.456 e. The lowest BCUT2D eigenvalue weighted by molar-refractivity contribution is 0.00692. The van der Waals surface area contributed by atoms with Gasteiger partial charge in [0.2, 0.25) is 0 Å². The van der Waals surface area contributed by atoms with Crippen LogP contribution in [0.1, 0.15) is 50.5 Å². The Morgan fingerprint density at radius 3 is 2.16 bits per heavy atom. The number of esters is 1. The fourth-order valence-electron chi connectivity index (χ4n) is 1.77. The zero-order valence-electron chi connectivity index (χ0n) is 12.4. The van der Waals surface area contributed by atoms with E-state index in [0.717, 1.165) is 11.1 Å². The van der Waals surface area contributed by atoms with Crippen LogP contribution < -0.4 is 0 Å². The smallest absolute Gasteiger partial charge is 0.339 e. The van der Waals surface area contributed by atoms with Crippen LogP contribution in [0.2, 0.25) is 0 Å². The molecule has 0 aliphatic carbocycles. The third-order valence-electron chi connectivity index (χ3n) is 2.51. The average molecular weight is 258 g/mol. The molecule has 1 aromatic carbocycles. The van der Waals surface area contributed by atoms with Gasteiger partial charge in [-0.05, 0) is 51.8 Å². The number of hydrogen-bond acceptors (Lipinski definition) is 2. The minimum atomic E-state index is -0.485. The maximum Gasteiger partial charge on any atom is 0.339 e. The van der Waals surface area contributed by atoms with Crippen LogP contribution in [0.4, 0.5) is 0 Å². The summed E-state index contributed by atoms with van der Waals surface area (Å²) in [7, 11) is 0. The lowest BCUT2D eigenvalue weighted by Crippen LogP contribution is -2.24. The van der Waals surface area contributed by atoms with E-state index in [4.69, 9.17) is 4.74 Å². The van der Waals surface area contributed by atoms with Crippen molar-refractivity contribution in [1.82, 2.24) is 0 Å². The van der Waals surface area contributed by atoms with Crippen LogP contribution in [0.15, 0.2) is 42.5 Å². The predicted molar refractivity (Wildman–Crippen MR) is 80.1 cm³/mol. The predicted octanol–water partition coefficient (Wildman–Crippen LogP) is 4.62. The van der Waals surface area contributed by atoms with Gasteiger partial charge in [0.1, 0.15) is 5.60 Å². The largest absolute Gasteiger partial charge is 0.456 e. The zero-order valence-corrected chi connectivity index (χ0v) is 12.4. The van der Waals surface area contributed by atoms with Crippen molar-refractivity contribution in [3.8, 4) is 0 Å². The summed E-state index contributed by atoms with van der Waals surface area (Å²) in [5.74, 6) is -0.285. The van der Waals surface area contributed by atoms with Gasteiger partial charge in [-0.2, -0.15) is 0 Å². The van der Waals surface area contributed by atoms with E-state index in [0.29, 0.717) is 5.56 Å². The van der Waals surface area contributed by atoms with Crippen molar-refractivity contribution in [3.05, 3.63) is 53.6 Å². The Balaban J connectivity index is 3.19. The van der Waals surface area contributed by atoms with Crippen LogP contribution in [0.25, 0.3) is 5.57 Å². The second kappa shape index (κ2) is 6.37. The molecule has 2 nitrogen and oxygen atoms in total. The molecule has 0 radical (unpaired) electrons. The Morgan fingerprint density at radius 2 is 1.68 bits per heavy atom. The SMILES string of the molecule is CC=CC(=CC)c1ccccc1C(=O)OC(C)(C)C. The Kier molecular flexibility index (Phi) is 5.11. The van der Waals surface area contributed by atoms with Crippen molar-refractivity contribution >= 4 is 11.5 Å². The van der Waals surface area contributed by atoms with Crippen LogP contribution in [-0.2, 0) is 4.74 Å². The summed E-state index contributed by atoms with van der Waals surface area (Å²) in [6.45, 7) is 9.53. The van der Waals surface area contributed by atoms with Crippen LogP contribution in [0.3, 0.4) is 0 Å². The van der Waals surface area contributed by atoms with Gasteiger partial charge in [0.05, 0.1) is 5.56 Å². The van der Waals surface area contributed by atoms with Crippen LogP contribution >= 0.6 is 0 Å². The van der Waals surface area contributed by atoms with E-state index in [1.165, 1.54) is 0 Å². The highest BCUT2D eigenvalue weighted by atomic mass is 16.6. The molecule has 0 spiro atoms. The molecule has 1 rings (SSSR count). The standard InChI is InChI=1S/C17H22O2/c1-6-10-13(7-2)14-11-8-9-12-15(14)16(18)19-17(3,4)5/h6-12H,1-5H3.